The number of amides is 2. The Balaban J connectivity index is 2.68. The van der Waals surface area contributed by atoms with Gasteiger partial charge in [-0.1, -0.05) is 24.6 Å². The Hall–Kier alpha value is -1.55. The monoisotopic (exact) mass is 254 g/mol. The van der Waals surface area contributed by atoms with Crippen LogP contribution in [0.15, 0.2) is 18.2 Å². The standard InChI is InChI=1S/C12H15ClN2O2/c1-7-3-4-9(13)6-10(7)15-11(16)5-8(2)12(14)17/h3-4,6,8H,5H2,1-2H3,(H2,14,17)(H,15,16). The highest BCUT2D eigenvalue weighted by Gasteiger charge is 2.14. The zero-order valence-electron chi connectivity index (χ0n) is 9.79. The van der Waals surface area contributed by atoms with Gasteiger partial charge in [0.2, 0.25) is 11.8 Å². The average Bonchev–Trinajstić information content (AvgIpc) is 2.23. The zero-order valence-corrected chi connectivity index (χ0v) is 10.5. The van der Waals surface area contributed by atoms with Crippen LogP contribution in [-0.2, 0) is 9.59 Å². The smallest absolute Gasteiger partial charge is 0.225 e. The topological polar surface area (TPSA) is 72.2 Å². The maximum atomic E-state index is 11.6. The third-order valence-electron chi connectivity index (χ3n) is 2.45. The molecule has 0 radical (unpaired) electrons. The fraction of sp³-hybridized carbons (Fsp3) is 0.333. The van der Waals surface area contributed by atoms with Crippen LogP contribution < -0.4 is 11.1 Å². The van der Waals surface area contributed by atoms with Crippen LogP contribution in [0.2, 0.25) is 5.02 Å². The molecular weight excluding hydrogens is 240 g/mol. The molecule has 4 nitrogen and oxygen atoms in total. The molecule has 1 rings (SSSR count). The first-order chi connectivity index (χ1) is 7.90. The Morgan fingerprint density at radius 1 is 1.47 bits per heavy atom. The number of nitrogens with two attached hydrogens (primary N) is 1. The van der Waals surface area contributed by atoms with Gasteiger partial charge in [-0.05, 0) is 24.6 Å². The lowest BCUT2D eigenvalue weighted by molar-refractivity contribution is -0.125. The third-order valence-corrected chi connectivity index (χ3v) is 2.69. The maximum absolute atomic E-state index is 11.6. The summed E-state index contributed by atoms with van der Waals surface area (Å²) in [6, 6.07) is 5.23. The summed E-state index contributed by atoms with van der Waals surface area (Å²) in [5, 5.41) is 3.26. The first-order valence-corrected chi connectivity index (χ1v) is 5.63. The Morgan fingerprint density at radius 2 is 2.12 bits per heavy atom. The molecule has 0 aliphatic carbocycles. The van der Waals surface area contributed by atoms with Crippen molar-refractivity contribution in [3.05, 3.63) is 28.8 Å². The van der Waals surface area contributed by atoms with E-state index in [0.29, 0.717) is 10.7 Å². The van der Waals surface area contributed by atoms with Crippen molar-refractivity contribution in [3.63, 3.8) is 0 Å². The number of rotatable bonds is 4. The Labute approximate surface area is 105 Å². The largest absolute Gasteiger partial charge is 0.369 e. The minimum atomic E-state index is -0.483. The molecule has 1 unspecified atom stereocenters. The van der Waals surface area contributed by atoms with E-state index in [1.807, 2.05) is 13.0 Å². The highest BCUT2D eigenvalue weighted by molar-refractivity contribution is 6.31. The van der Waals surface area contributed by atoms with Crippen LogP contribution in [0.5, 0.6) is 0 Å². The van der Waals surface area contributed by atoms with E-state index in [0.717, 1.165) is 5.56 Å². The molecule has 1 atom stereocenters. The Morgan fingerprint density at radius 3 is 2.71 bits per heavy atom. The number of carbonyl (C=O) groups is 2. The molecule has 0 aliphatic heterocycles. The molecule has 0 bridgehead atoms. The van der Waals surface area contributed by atoms with Gasteiger partial charge in [-0.15, -0.1) is 0 Å². The molecule has 0 aromatic heterocycles. The SMILES string of the molecule is Cc1ccc(Cl)cc1NC(=O)CC(C)C(N)=O. The number of aryl methyl sites for hydroxylation is 1. The normalized spacial score (nSPS) is 11.9. The molecule has 92 valence electrons. The lowest BCUT2D eigenvalue weighted by atomic mass is 10.1. The van der Waals surface area contributed by atoms with Gasteiger partial charge in [0.05, 0.1) is 0 Å². The summed E-state index contributed by atoms with van der Waals surface area (Å²) < 4.78 is 0. The minimum Gasteiger partial charge on any atom is -0.369 e. The summed E-state index contributed by atoms with van der Waals surface area (Å²) in [6.07, 6.45) is 0.0707. The van der Waals surface area contributed by atoms with Crippen molar-refractivity contribution in [2.45, 2.75) is 20.3 Å². The number of nitrogens with one attached hydrogen (secondary N) is 1. The van der Waals surface area contributed by atoms with E-state index in [-0.39, 0.29) is 12.3 Å². The van der Waals surface area contributed by atoms with Gasteiger partial charge in [-0.3, -0.25) is 9.59 Å². The van der Waals surface area contributed by atoms with Gasteiger partial charge in [0.15, 0.2) is 0 Å². The van der Waals surface area contributed by atoms with Crippen molar-refractivity contribution in [3.8, 4) is 0 Å². The number of hydrogen-bond acceptors (Lipinski definition) is 2. The van der Waals surface area contributed by atoms with Gasteiger partial charge in [0.25, 0.3) is 0 Å². The van der Waals surface area contributed by atoms with Crippen LogP contribution in [0.4, 0.5) is 5.69 Å². The fourth-order valence-electron chi connectivity index (χ4n) is 1.31. The summed E-state index contributed by atoms with van der Waals surface area (Å²) in [5.74, 6) is -1.21. The van der Waals surface area contributed by atoms with Gasteiger partial charge >= 0.3 is 0 Å². The van der Waals surface area contributed by atoms with E-state index in [1.165, 1.54) is 0 Å². The second-order valence-corrected chi connectivity index (χ2v) is 4.45. The Bertz CT molecular complexity index is 446. The highest BCUT2D eigenvalue weighted by Crippen LogP contribution is 2.20. The number of primary amides is 1. The molecule has 1 aromatic carbocycles. The van der Waals surface area contributed by atoms with E-state index >= 15 is 0 Å². The minimum absolute atomic E-state index is 0.0707. The number of halogens is 1. The van der Waals surface area contributed by atoms with Crippen LogP contribution in [0.1, 0.15) is 18.9 Å². The fourth-order valence-corrected chi connectivity index (χ4v) is 1.48. The second-order valence-electron chi connectivity index (χ2n) is 4.01. The summed E-state index contributed by atoms with van der Waals surface area (Å²) in [6.45, 7) is 3.48. The molecular formula is C12H15ClN2O2. The van der Waals surface area contributed by atoms with E-state index in [2.05, 4.69) is 5.32 Å². The van der Waals surface area contributed by atoms with E-state index < -0.39 is 11.8 Å². The lowest BCUT2D eigenvalue weighted by Gasteiger charge is -2.10. The van der Waals surface area contributed by atoms with E-state index in [1.54, 1.807) is 19.1 Å². The second kappa shape index (κ2) is 5.68. The molecule has 1 aromatic rings. The molecule has 2 amide bonds. The Kier molecular flexibility index (Phi) is 4.52. The van der Waals surface area contributed by atoms with Crippen LogP contribution >= 0.6 is 11.6 Å². The summed E-state index contributed by atoms with van der Waals surface area (Å²) in [7, 11) is 0. The van der Waals surface area contributed by atoms with Crippen LogP contribution in [-0.4, -0.2) is 11.8 Å². The number of hydrogen-bond donors (Lipinski definition) is 2. The maximum Gasteiger partial charge on any atom is 0.225 e. The van der Waals surface area contributed by atoms with Gasteiger partial charge in [0.1, 0.15) is 0 Å². The van der Waals surface area contributed by atoms with Crippen LogP contribution in [0.3, 0.4) is 0 Å². The van der Waals surface area contributed by atoms with E-state index in [4.69, 9.17) is 17.3 Å². The quantitative estimate of drug-likeness (QED) is 0.864. The number of benzene rings is 1. The molecule has 0 heterocycles. The predicted octanol–water partition coefficient (Wildman–Crippen LogP) is 2.10. The molecule has 0 spiro atoms. The van der Waals surface area contributed by atoms with Crippen LogP contribution in [0, 0.1) is 12.8 Å². The molecule has 17 heavy (non-hydrogen) atoms. The molecule has 5 heteroatoms. The van der Waals surface area contributed by atoms with Gasteiger partial charge < -0.3 is 11.1 Å². The van der Waals surface area contributed by atoms with Crippen LogP contribution in [0.25, 0.3) is 0 Å². The molecule has 0 fully saturated rings. The van der Waals surface area contributed by atoms with Gasteiger partial charge in [-0.25, -0.2) is 0 Å². The average molecular weight is 255 g/mol. The first-order valence-electron chi connectivity index (χ1n) is 5.25. The summed E-state index contributed by atoms with van der Waals surface area (Å²) >= 11 is 5.83. The van der Waals surface area contributed by atoms with Crippen molar-refractivity contribution in [1.29, 1.82) is 0 Å². The van der Waals surface area contributed by atoms with Gasteiger partial charge in [0, 0.05) is 23.0 Å². The molecule has 0 saturated heterocycles. The van der Waals surface area contributed by atoms with Crippen molar-refractivity contribution < 1.29 is 9.59 Å². The van der Waals surface area contributed by atoms with Crippen molar-refractivity contribution >= 4 is 29.1 Å². The first kappa shape index (κ1) is 13.5. The third kappa shape index (κ3) is 4.07. The number of carbonyl (C=O) groups excluding carboxylic acids is 2. The van der Waals surface area contributed by atoms with Crippen molar-refractivity contribution in [1.82, 2.24) is 0 Å². The van der Waals surface area contributed by atoms with E-state index in [9.17, 15) is 9.59 Å². The zero-order chi connectivity index (χ0) is 13.0. The highest BCUT2D eigenvalue weighted by atomic mass is 35.5. The van der Waals surface area contributed by atoms with Crippen molar-refractivity contribution in [2.75, 3.05) is 5.32 Å². The lowest BCUT2D eigenvalue weighted by Crippen LogP contribution is -2.25. The molecule has 0 saturated carbocycles. The molecule has 0 aliphatic rings. The van der Waals surface area contributed by atoms with Crippen molar-refractivity contribution in [2.24, 2.45) is 11.7 Å². The van der Waals surface area contributed by atoms with Gasteiger partial charge in [-0.2, -0.15) is 0 Å². The predicted molar refractivity (Wildman–Crippen MR) is 67.8 cm³/mol. The molecule has 3 N–H and O–H groups in total. The summed E-state index contributed by atoms with van der Waals surface area (Å²) in [5.41, 5.74) is 6.66. The summed E-state index contributed by atoms with van der Waals surface area (Å²) in [4.78, 5) is 22.5. The number of anilines is 1.